The molecule has 4 nitrogen and oxygen atoms in total. The summed E-state index contributed by atoms with van der Waals surface area (Å²) in [5.41, 5.74) is 7.39. The molecule has 4 heteroatoms. The predicted octanol–water partition coefficient (Wildman–Crippen LogP) is 2.81. The monoisotopic (exact) mass is 277 g/mol. The summed E-state index contributed by atoms with van der Waals surface area (Å²) in [5.74, 6) is 1.66. The van der Waals surface area contributed by atoms with Gasteiger partial charge < -0.3 is 19.9 Å². The smallest absolute Gasteiger partial charge is 0.166 e. The zero-order valence-electron chi connectivity index (χ0n) is 11.8. The molecule has 0 amide bonds. The average Bonchev–Trinajstić information content (AvgIpc) is 3.00. The van der Waals surface area contributed by atoms with Crippen LogP contribution >= 0.6 is 0 Å². The summed E-state index contributed by atoms with van der Waals surface area (Å²) in [6.45, 7) is 2.14. The summed E-state index contributed by atoms with van der Waals surface area (Å²) >= 11 is 0. The summed E-state index contributed by atoms with van der Waals surface area (Å²) in [6, 6.07) is 5.98. The normalized spacial score (nSPS) is 22.8. The summed E-state index contributed by atoms with van der Waals surface area (Å²) in [5, 5.41) is 0. The number of fused-ring (bicyclic) bond motifs is 1. The standard InChI is InChI=1S/C16H23NO3/c17-14(7-1-4-12-5-3-9-18-12)13-6-2-8-15-16(13)20-11-10-19-15/h2,6,8,12,14H,1,3-5,7,9-11,17H2. The molecule has 0 saturated carbocycles. The molecule has 3 rings (SSSR count). The second-order valence-electron chi connectivity index (χ2n) is 5.54. The molecule has 0 radical (unpaired) electrons. The highest BCUT2D eigenvalue weighted by molar-refractivity contribution is 5.48. The molecule has 110 valence electrons. The van der Waals surface area contributed by atoms with E-state index in [4.69, 9.17) is 19.9 Å². The van der Waals surface area contributed by atoms with Crippen molar-refractivity contribution in [3.05, 3.63) is 23.8 Å². The van der Waals surface area contributed by atoms with Gasteiger partial charge in [-0.25, -0.2) is 0 Å². The average molecular weight is 277 g/mol. The van der Waals surface area contributed by atoms with Crippen LogP contribution in [0.5, 0.6) is 11.5 Å². The lowest BCUT2D eigenvalue weighted by Gasteiger charge is -2.23. The number of ether oxygens (including phenoxy) is 3. The van der Waals surface area contributed by atoms with Gasteiger partial charge in [-0.05, 0) is 38.2 Å². The molecule has 1 aromatic carbocycles. The van der Waals surface area contributed by atoms with E-state index >= 15 is 0 Å². The van der Waals surface area contributed by atoms with Crippen molar-refractivity contribution in [2.75, 3.05) is 19.8 Å². The van der Waals surface area contributed by atoms with E-state index in [9.17, 15) is 0 Å². The van der Waals surface area contributed by atoms with Crippen molar-refractivity contribution >= 4 is 0 Å². The van der Waals surface area contributed by atoms with Gasteiger partial charge in [0.25, 0.3) is 0 Å². The fourth-order valence-electron chi connectivity index (χ4n) is 2.98. The van der Waals surface area contributed by atoms with Crippen molar-refractivity contribution in [3.63, 3.8) is 0 Å². The second-order valence-corrected chi connectivity index (χ2v) is 5.54. The Labute approximate surface area is 120 Å². The molecule has 1 aromatic rings. The van der Waals surface area contributed by atoms with Crippen LogP contribution in [-0.2, 0) is 4.74 Å². The highest BCUT2D eigenvalue weighted by Crippen LogP contribution is 2.37. The third-order valence-electron chi connectivity index (χ3n) is 4.06. The fraction of sp³-hybridized carbons (Fsp3) is 0.625. The first-order chi connectivity index (χ1) is 9.84. The molecule has 20 heavy (non-hydrogen) atoms. The van der Waals surface area contributed by atoms with Crippen LogP contribution in [0.15, 0.2) is 18.2 Å². The number of rotatable bonds is 5. The Balaban J connectivity index is 1.57. The van der Waals surface area contributed by atoms with E-state index in [1.807, 2.05) is 18.2 Å². The zero-order valence-corrected chi connectivity index (χ0v) is 11.8. The van der Waals surface area contributed by atoms with Crippen LogP contribution in [0.25, 0.3) is 0 Å². The minimum atomic E-state index is 0.00746. The second kappa shape index (κ2) is 6.46. The fourth-order valence-corrected chi connectivity index (χ4v) is 2.98. The lowest BCUT2D eigenvalue weighted by atomic mass is 9.98. The maximum atomic E-state index is 6.33. The largest absolute Gasteiger partial charge is 0.486 e. The number of para-hydroxylation sites is 1. The summed E-state index contributed by atoms with van der Waals surface area (Å²) < 4.78 is 17.0. The topological polar surface area (TPSA) is 53.7 Å². The maximum absolute atomic E-state index is 6.33. The number of benzene rings is 1. The molecule has 0 bridgehead atoms. The lowest BCUT2D eigenvalue weighted by Crippen LogP contribution is -2.19. The van der Waals surface area contributed by atoms with Crippen molar-refractivity contribution in [1.82, 2.24) is 0 Å². The Morgan fingerprint density at radius 1 is 1.20 bits per heavy atom. The highest BCUT2D eigenvalue weighted by Gasteiger charge is 2.20. The maximum Gasteiger partial charge on any atom is 0.166 e. The van der Waals surface area contributed by atoms with Crippen molar-refractivity contribution in [3.8, 4) is 11.5 Å². The number of hydrogen-bond donors (Lipinski definition) is 1. The molecule has 2 aliphatic rings. The minimum absolute atomic E-state index is 0.00746. The van der Waals surface area contributed by atoms with Gasteiger partial charge in [-0.1, -0.05) is 12.1 Å². The van der Waals surface area contributed by atoms with E-state index in [0.29, 0.717) is 19.3 Å². The molecule has 0 spiro atoms. The first-order valence-electron chi connectivity index (χ1n) is 7.60. The van der Waals surface area contributed by atoms with Crippen LogP contribution in [0.3, 0.4) is 0 Å². The van der Waals surface area contributed by atoms with Crippen molar-refractivity contribution in [2.24, 2.45) is 5.73 Å². The SMILES string of the molecule is NC(CCCC1CCCO1)c1cccc2c1OCCO2. The van der Waals surface area contributed by atoms with Gasteiger partial charge in [0, 0.05) is 18.2 Å². The Bertz CT molecular complexity index is 443. The van der Waals surface area contributed by atoms with Crippen LogP contribution in [0.4, 0.5) is 0 Å². The van der Waals surface area contributed by atoms with Crippen LogP contribution in [0.2, 0.25) is 0 Å². The molecule has 2 heterocycles. The highest BCUT2D eigenvalue weighted by atomic mass is 16.6. The van der Waals surface area contributed by atoms with E-state index in [1.54, 1.807) is 0 Å². The minimum Gasteiger partial charge on any atom is -0.486 e. The van der Waals surface area contributed by atoms with E-state index in [1.165, 1.54) is 12.8 Å². The van der Waals surface area contributed by atoms with E-state index < -0.39 is 0 Å². The molecule has 0 aliphatic carbocycles. The van der Waals surface area contributed by atoms with Gasteiger partial charge in [0.1, 0.15) is 13.2 Å². The van der Waals surface area contributed by atoms with Gasteiger partial charge in [-0.2, -0.15) is 0 Å². The van der Waals surface area contributed by atoms with Gasteiger partial charge >= 0.3 is 0 Å². The van der Waals surface area contributed by atoms with Crippen molar-refractivity contribution in [2.45, 2.75) is 44.2 Å². The van der Waals surface area contributed by atoms with Crippen LogP contribution < -0.4 is 15.2 Å². The molecule has 2 N–H and O–H groups in total. The molecule has 2 atom stereocenters. The molecule has 2 unspecified atom stereocenters. The Morgan fingerprint density at radius 2 is 2.10 bits per heavy atom. The molecule has 2 aliphatic heterocycles. The molecular formula is C16H23NO3. The third kappa shape index (κ3) is 3.07. The van der Waals surface area contributed by atoms with Crippen LogP contribution in [0.1, 0.15) is 43.7 Å². The summed E-state index contributed by atoms with van der Waals surface area (Å²) in [6.07, 6.45) is 6.02. The summed E-state index contributed by atoms with van der Waals surface area (Å²) in [7, 11) is 0. The van der Waals surface area contributed by atoms with Crippen molar-refractivity contribution in [1.29, 1.82) is 0 Å². The van der Waals surface area contributed by atoms with Gasteiger partial charge in [-0.3, -0.25) is 0 Å². The zero-order chi connectivity index (χ0) is 13.8. The van der Waals surface area contributed by atoms with Crippen LogP contribution in [-0.4, -0.2) is 25.9 Å². The van der Waals surface area contributed by atoms with Crippen molar-refractivity contribution < 1.29 is 14.2 Å². The Kier molecular flexibility index (Phi) is 4.43. The van der Waals surface area contributed by atoms with E-state index in [-0.39, 0.29) is 6.04 Å². The molecular weight excluding hydrogens is 254 g/mol. The molecule has 0 aromatic heterocycles. The number of hydrogen-bond acceptors (Lipinski definition) is 4. The third-order valence-corrected chi connectivity index (χ3v) is 4.06. The molecule has 1 saturated heterocycles. The van der Waals surface area contributed by atoms with E-state index in [0.717, 1.165) is 42.9 Å². The Hall–Kier alpha value is -1.26. The van der Waals surface area contributed by atoms with Gasteiger partial charge in [0.15, 0.2) is 11.5 Å². The number of nitrogens with two attached hydrogens (primary N) is 1. The first kappa shape index (κ1) is 13.7. The lowest BCUT2D eigenvalue weighted by molar-refractivity contribution is 0.101. The summed E-state index contributed by atoms with van der Waals surface area (Å²) in [4.78, 5) is 0. The van der Waals surface area contributed by atoms with Gasteiger partial charge in [-0.15, -0.1) is 0 Å². The predicted molar refractivity (Wildman–Crippen MR) is 77.2 cm³/mol. The quantitative estimate of drug-likeness (QED) is 0.899. The van der Waals surface area contributed by atoms with Crippen LogP contribution in [0, 0.1) is 0 Å². The van der Waals surface area contributed by atoms with Gasteiger partial charge in [0.2, 0.25) is 0 Å². The van der Waals surface area contributed by atoms with E-state index in [2.05, 4.69) is 0 Å². The van der Waals surface area contributed by atoms with Gasteiger partial charge in [0.05, 0.1) is 6.10 Å². The Morgan fingerprint density at radius 3 is 2.95 bits per heavy atom. The first-order valence-corrected chi connectivity index (χ1v) is 7.60. The molecule has 1 fully saturated rings.